The maximum Gasteiger partial charge on any atom is 0.226 e. The van der Waals surface area contributed by atoms with Crippen LogP contribution in [-0.4, -0.2) is 47.2 Å². The van der Waals surface area contributed by atoms with Gasteiger partial charge in [0.25, 0.3) is 0 Å². The van der Waals surface area contributed by atoms with Gasteiger partial charge in [0.05, 0.1) is 36.5 Å². The standard InChI is InChI=1S/C17H24N2O3S/c1-11-5-15(11)16(20)19-9-17(10-19)6-14(3-4-22-17)21-7-13-8-23-12(2)18-13/h8,11,14-15H,3-7,9-10H2,1-2H3/t11-,14+,15-/m0/s1. The number of hydrogen-bond donors (Lipinski definition) is 0. The van der Waals surface area contributed by atoms with Crippen LogP contribution in [0.4, 0.5) is 0 Å². The number of ether oxygens (including phenoxy) is 2. The van der Waals surface area contributed by atoms with Crippen LogP contribution < -0.4 is 0 Å². The number of nitrogens with zero attached hydrogens (tertiary/aromatic N) is 2. The van der Waals surface area contributed by atoms with E-state index in [2.05, 4.69) is 17.3 Å². The molecule has 126 valence electrons. The van der Waals surface area contributed by atoms with E-state index in [4.69, 9.17) is 9.47 Å². The van der Waals surface area contributed by atoms with E-state index in [-0.39, 0.29) is 17.6 Å². The zero-order chi connectivity index (χ0) is 16.0. The van der Waals surface area contributed by atoms with Crippen LogP contribution in [0.15, 0.2) is 5.38 Å². The van der Waals surface area contributed by atoms with E-state index in [0.717, 1.165) is 49.7 Å². The second-order valence-electron chi connectivity index (χ2n) is 7.33. The number of aryl methyl sites for hydroxylation is 1. The molecule has 3 fully saturated rings. The summed E-state index contributed by atoms with van der Waals surface area (Å²) in [6.45, 7) is 6.95. The number of rotatable bonds is 4. The van der Waals surface area contributed by atoms with Crippen LogP contribution in [0.3, 0.4) is 0 Å². The van der Waals surface area contributed by atoms with Crippen LogP contribution in [0.1, 0.15) is 36.9 Å². The van der Waals surface area contributed by atoms with Gasteiger partial charge in [-0.25, -0.2) is 4.98 Å². The van der Waals surface area contributed by atoms with Crippen molar-refractivity contribution in [3.8, 4) is 0 Å². The first kappa shape index (κ1) is 15.5. The molecule has 2 aliphatic heterocycles. The van der Waals surface area contributed by atoms with Crippen LogP contribution in [0, 0.1) is 18.8 Å². The topological polar surface area (TPSA) is 51.7 Å². The summed E-state index contributed by atoms with van der Waals surface area (Å²) in [7, 11) is 0. The molecule has 5 nitrogen and oxygen atoms in total. The monoisotopic (exact) mass is 336 g/mol. The van der Waals surface area contributed by atoms with Crippen molar-refractivity contribution in [2.45, 2.75) is 51.4 Å². The number of thiazole rings is 1. The molecular weight excluding hydrogens is 312 g/mol. The van der Waals surface area contributed by atoms with Crippen molar-refractivity contribution in [1.29, 1.82) is 0 Å². The summed E-state index contributed by atoms with van der Waals surface area (Å²) in [6.07, 6.45) is 3.09. The van der Waals surface area contributed by atoms with Gasteiger partial charge in [0, 0.05) is 24.3 Å². The molecule has 1 aromatic heterocycles. The fourth-order valence-electron chi connectivity index (χ4n) is 3.73. The summed E-state index contributed by atoms with van der Waals surface area (Å²) >= 11 is 1.66. The first-order chi connectivity index (χ1) is 11.0. The third kappa shape index (κ3) is 3.16. The zero-order valence-corrected chi connectivity index (χ0v) is 14.6. The Hall–Kier alpha value is -0.980. The maximum absolute atomic E-state index is 12.3. The summed E-state index contributed by atoms with van der Waals surface area (Å²) in [4.78, 5) is 18.7. The molecule has 3 atom stereocenters. The van der Waals surface area contributed by atoms with Gasteiger partial charge in [-0.3, -0.25) is 4.79 Å². The molecule has 3 heterocycles. The van der Waals surface area contributed by atoms with Crippen LogP contribution in [0.25, 0.3) is 0 Å². The molecule has 0 bridgehead atoms. The van der Waals surface area contributed by atoms with Gasteiger partial charge in [-0.05, 0) is 25.7 Å². The molecule has 6 heteroatoms. The summed E-state index contributed by atoms with van der Waals surface area (Å²) in [5.74, 6) is 1.17. The molecule has 0 aromatic carbocycles. The average molecular weight is 336 g/mol. The average Bonchev–Trinajstić information content (AvgIpc) is 3.09. The fraction of sp³-hybridized carbons (Fsp3) is 0.765. The Morgan fingerprint density at radius 1 is 1.57 bits per heavy atom. The molecular formula is C17H24N2O3S. The van der Waals surface area contributed by atoms with Crippen molar-refractivity contribution in [3.05, 3.63) is 16.1 Å². The highest BCUT2D eigenvalue weighted by Gasteiger charge is 2.53. The Labute approximate surface area is 141 Å². The molecule has 2 saturated heterocycles. The fourth-order valence-corrected chi connectivity index (χ4v) is 4.33. The van der Waals surface area contributed by atoms with Crippen LogP contribution in [-0.2, 0) is 20.9 Å². The van der Waals surface area contributed by atoms with Gasteiger partial charge in [-0.15, -0.1) is 11.3 Å². The van der Waals surface area contributed by atoms with Crippen LogP contribution >= 0.6 is 11.3 Å². The number of aromatic nitrogens is 1. The SMILES string of the molecule is Cc1nc(CO[C@@H]2CCOC3(C2)CN(C(=O)[C@H]2C[C@@H]2C)C3)cs1. The van der Waals surface area contributed by atoms with E-state index in [1.165, 1.54) is 0 Å². The quantitative estimate of drug-likeness (QED) is 0.847. The minimum atomic E-state index is -0.158. The van der Waals surface area contributed by atoms with Crippen molar-refractivity contribution in [2.24, 2.45) is 11.8 Å². The van der Waals surface area contributed by atoms with Crippen molar-refractivity contribution >= 4 is 17.2 Å². The first-order valence-corrected chi connectivity index (χ1v) is 9.38. The Morgan fingerprint density at radius 2 is 2.35 bits per heavy atom. The zero-order valence-electron chi connectivity index (χ0n) is 13.8. The highest BCUT2D eigenvalue weighted by atomic mass is 32.1. The van der Waals surface area contributed by atoms with Crippen molar-refractivity contribution in [2.75, 3.05) is 19.7 Å². The molecule has 1 aliphatic carbocycles. The third-order valence-electron chi connectivity index (χ3n) is 5.28. The van der Waals surface area contributed by atoms with Gasteiger partial charge >= 0.3 is 0 Å². The minimum absolute atomic E-state index is 0.158. The van der Waals surface area contributed by atoms with Crippen molar-refractivity contribution in [1.82, 2.24) is 9.88 Å². The van der Waals surface area contributed by atoms with Gasteiger partial charge in [-0.1, -0.05) is 6.92 Å². The highest BCUT2D eigenvalue weighted by Crippen LogP contribution is 2.43. The van der Waals surface area contributed by atoms with E-state index in [1.54, 1.807) is 11.3 Å². The lowest BCUT2D eigenvalue weighted by molar-refractivity contribution is -0.203. The lowest BCUT2D eigenvalue weighted by Gasteiger charge is -2.53. The molecule has 1 aromatic rings. The molecule has 4 rings (SSSR count). The van der Waals surface area contributed by atoms with E-state index >= 15 is 0 Å². The number of carbonyl (C=O) groups excluding carboxylic acids is 1. The molecule has 1 saturated carbocycles. The molecule has 0 N–H and O–H groups in total. The van der Waals surface area contributed by atoms with Gasteiger partial charge < -0.3 is 14.4 Å². The predicted molar refractivity (Wildman–Crippen MR) is 87.2 cm³/mol. The highest BCUT2D eigenvalue weighted by molar-refractivity contribution is 7.09. The molecule has 1 spiro atoms. The molecule has 1 amide bonds. The maximum atomic E-state index is 12.3. The van der Waals surface area contributed by atoms with E-state index in [0.29, 0.717) is 18.4 Å². The Kier molecular flexibility index (Phi) is 3.94. The van der Waals surface area contributed by atoms with Crippen molar-refractivity contribution in [3.63, 3.8) is 0 Å². The Morgan fingerprint density at radius 3 is 3.00 bits per heavy atom. The smallest absolute Gasteiger partial charge is 0.226 e. The van der Waals surface area contributed by atoms with Gasteiger partial charge in [-0.2, -0.15) is 0 Å². The largest absolute Gasteiger partial charge is 0.372 e. The number of hydrogen-bond acceptors (Lipinski definition) is 5. The number of likely N-dealkylation sites (tertiary alicyclic amines) is 1. The molecule has 23 heavy (non-hydrogen) atoms. The lowest BCUT2D eigenvalue weighted by atomic mass is 9.84. The summed E-state index contributed by atoms with van der Waals surface area (Å²) in [6, 6.07) is 0. The first-order valence-electron chi connectivity index (χ1n) is 8.50. The number of carbonyl (C=O) groups is 1. The van der Waals surface area contributed by atoms with Gasteiger partial charge in [0.2, 0.25) is 5.91 Å². The Balaban J connectivity index is 1.27. The van der Waals surface area contributed by atoms with Gasteiger partial charge in [0.1, 0.15) is 5.60 Å². The summed E-state index contributed by atoms with van der Waals surface area (Å²) in [5, 5.41) is 3.14. The number of amides is 1. The summed E-state index contributed by atoms with van der Waals surface area (Å²) < 4.78 is 12.1. The van der Waals surface area contributed by atoms with Crippen molar-refractivity contribution < 1.29 is 14.3 Å². The van der Waals surface area contributed by atoms with Gasteiger partial charge in [0.15, 0.2) is 0 Å². The normalized spacial score (nSPS) is 31.9. The van der Waals surface area contributed by atoms with E-state index < -0.39 is 0 Å². The van der Waals surface area contributed by atoms with Crippen LogP contribution in [0.5, 0.6) is 0 Å². The molecule has 3 aliphatic rings. The second kappa shape index (κ2) is 5.83. The third-order valence-corrected chi connectivity index (χ3v) is 6.10. The van der Waals surface area contributed by atoms with Crippen LogP contribution in [0.2, 0.25) is 0 Å². The predicted octanol–water partition coefficient (Wildman–Crippen LogP) is 2.38. The Bertz CT molecular complexity index is 596. The lowest BCUT2D eigenvalue weighted by Crippen LogP contribution is -2.67. The van der Waals surface area contributed by atoms with E-state index in [1.807, 2.05) is 11.8 Å². The van der Waals surface area contributed by atoms with E-state index in [9.17, 15) is 4.79 Å². The molecule has 0 radical (unpaired) electrons. The molecule has 0 unspecified atom stereocenters. The minimum Gasteiger partial charge on any atom is -0.372 e. The second-order valence-corrected chi connectivity index (χ2v) is 8.39. The summed E-state index contributed by atoms with van der Waals surface area (Å²) in [5.41, 5.74) is 0.857.